The number of hydrogen-bond acceptors (Lipinski definition) is 4. The van der Waals surface area contributed by atoms with Crippen molar-refractivity contribution < 1.29 is 16.8 Å². The maximum atomic E-state index is 12.9. The number of aryl methyl sites for hydroxylation is 2. The van der Waals surface area contributed by atoms with E-state index in [4.69, 9.17) is 0 Å². The van der Waals surface area contributed by atoms with Crippen molar-refractivity contribution in [3.8, 4) is 0 Å². The monoisotopic (exact) mass is 408 g/mol. The van der Waals surface area contributed by atoms with Gasteiger partial charge in [-0.25, -0.2) is 16.8 Å². The van der Waals surface area contributed by atoms with Crippen LogP contribution in [-0.4, -0.2) is 51.1 Å². The quantitative estimate of drug-likeness (QED) is 0.779. The topological polar surface area (TPSA) is 74.8 Å². The van der Waals surface area contributed by atoms with Crippen LogP contribution in [0.3, 0.4) is 0 Å². The second-order valence-corrected chi connectivity index (χ2v) is 10.8. The van der Waals surface area contributed by atoms with Gasteiger partial charge in [0, 0.05) is 25.7 Å². The van der Waals surface area contributed by atoms with E-state index in [9.17, 15) is 16.8 Å². The molecule has 1 fully saturated rings. The molecule has 6 nitrogen and oxygen atoms in total. The lowest BCUT2D eigenvalue weighted by Gasteiger charge is -2.38. The first-order valence-corrected chi connectivity index (χ1v) is 11.7. The summed E-state index contributed by atoms with van der Waals surface area (Å²) >= 11 is 0. The van der Waals surface area contributed by atoms with E-state index in [0.29, 0.717) is 0 Å². The molecule has 0 bridgehead atoms. The molecule has 1 aliphatic rings. The Balaban J connectivity index is 1.81. The zero-order valence-corrected chi connectivity index (χ0v) is 17.3. The second-order valence-electron chi connectivity index (χ2n) is 6.95. The van der Waals surface area contributed by atoms with Gasteiger partial charge in [-0.15, -0.1) is 0 Å². The Kier molecular flexibility index (Phi) is 5.45. The van der Waals surface area contributed by atoms with Gasteiger partial charge in [-0.2, -0.15) is 8.61 Å². The number of benzene rings is 2. The van der Waals surface area contributed by atoms with Gasteiger partial charge in [-0.3, -0.25) is 0 Å². The summed E-state index contributed by atoms with van der Waals surface area (Å²) in [7, 11) is -7.29. The molecule has 27 heavy (non-hydrogen) atoms. The third-order valence-electron chi connectivity index (χ3n) is 4.82. The molecular formula is C19H24N2O4S2. The number of sulfonamides is 2. The van der Waals surface area contributed by atoms with E-state index in [2.05, 4.69) is 0 Å². The molecule has 0 N–H and O–H groups in total. The molecule has 1 aliphatic heterocycles. The van der Waals surface area contributed by atoms with Gasteiger partial charge >= 0.3 is 0 Å². The van der Waals surface area contributed by atoms with Gasteiger partial charge in [-0.1, -0.05) is 35.4 Å². The highest BCUT2D eigenvalue weighted by atomic mass is 32.2. The predicted octanol–water partition coefficient (Wildman–Crippen LogP) is 2.39. The van der Waals surface area contributed by atoms with Crippen LogP contribution in [0.15, 0.2) is 58.3 Å². The molecular weight excluding hydrogens is 384 g/mol. The van der Waals surface area contributed by atoms with Crippen LogP contribution in [0.5, 0.6) is 0 Å². The largest absolute Gasteiger partial charge is 0.243 e. The molecule has 0 spiro atoms. The minimum absolute atomic E-state index is 0.126. The lowest BCUT2D eigenvalue weighted by molar-refractivity contribution is 0.212. The molecule has 0 amide bonds. The van der Waals surface area contributed by atoms with Crippen molar-refractivity contribution in [3.05, 3.63) is 59.7 Å². The standard InChI is InChI=1S/C19H24N2O4S2/c1-15-4-8-18(9-5-15)26(22,23)20-12-13-21(17(3)14-20)27(24,25)19-10-6-16(2)7-11-19/h4-11,17H,12-14H2,1-3H3. The van der Waals surface area contributed by atoms with Crippen molar-refractivity contribution in [2.75, 3.05) is 19.6 Å². The molecule has 0 saturated carbocycles. The summed E-state index contributed by atoms with van der Waals surface area (Å²) in [5.41, 5.74) is 1.97. The smallest absolute Gasteiger partial charge is 0.207 e. The van der Waals surface area contributed by atoms with Gasteiger partial charge in [0.05, 0.1) is 9.79 Å². The van der Waals surface area contributed by atoms with Crippen LogP contribution in [0, 0.1) is 13.8 Å². The number of piperazine rings is 1. The molecule has 1 atom stereocenters. The van der Waals surface area contributed by atoms with Gasteiger partial charge in [0.25, 0.3) is 0 Å². The van der Waals surface area contributed by atoms with Crippen molar-refractivity contribution in [1.82, 2.24) is 8.61 Å². The molecule has 8 heteroatoms. The van der Waals surface area contributed by atoms with Crippen LogP contribution in [0.4, 0.5) is 0 Å². The van der Waals surface area contributed by atoms with E-state index in [1.807, 2.05) is 13.8 Å². The van der Waals surface area contributed by atoms with Gasteiger partial charge in [-0.05, 0) is 45.0 Å². The molecule has 1 heterocycles. The number of hydrogen-bond donors (Lipinski definition) is 0. The minimum atomic E-state index is -3.66. The van der Waals surface area contributed by atoms with Gasteiger partial charge < -0.3 is 0 Å². The molecule has 146 valence electrons. The SMILES string of the molecule is Cc1ccc(S(=O)(=O)N2CCN(S(=O)(=O)c3ccc(C)cc3)C(C)C2)cc1. The van der Waals surface area contributed by atoms with Gasteiger partial charge in [0.2, 0.25) is 20.0 Å². The Morgan fingerprint density at radius 2 is 1.19 bits per heavy atom. The second kappa shape index (κ2) is 7.35. The summed E-state index contributed by atoms with van der Waals surface area (Å²) < 4.78 is 54.3. The third-order valence-corrected chi connectivity index (χ3v) is 8.72. The van der Waals surface area contributed by atoms with E-state index in [1.54, 1.807) is 55.5 Å². The number of rotatable bonds is 4. The minimum Gasteiger partial charge on any atom is -0.207 e. The first-order chi connectivity index (χ1) is 12.6. The van der Waals surface area contributed by atoms with Crippen LogP contribution < -0.4 is 0 Å². The van der Waals surface area contributed by atoms with E-state index >= 15 is 0 Å². The fourth-order valence-corrected chi connectivity index (χ4v) is 6.31. The fraction of sp³-hybridized carbons (Fsp3) is 0.368. The Morgan fingerprint density at radius 1 is 0.741 bits per heavy atom. The van der Waals surface area contributed by atoms with E-state index in [0.717, 1.165) is 11.1 Å². The summed E-state index contributed by atoms with van der Waals surface area (Å²) in [4.78, 5) is 0.463. The maximum Gasteiger partial charge on any atom is 0.243 e. The zero-order chi connectivity index (χ0) is 19.8. The van der Waals surface area contributed by atoms with Crippen molar-refractivity contribution in [2.24, 2.45) is 0 Å². The van der Waals surface area contributed by atoms with Crippen molar-refractivity contribution >= 4 is 20.0 Å². The molecule has 0 aliphatic carbocycles. The molecule has 0 aromatic heterocycles. The van der Waals surface area contributed by atoms with E-state index in [1.165, 1.54) is 8.61 Å². The first kappa shape index (κ1) is 20.0. The first-order valence-electron chi connectivity index (χ1n) is 8.78. The molecule has 1 unspecified atom stereocenters. The Bertz CT molecular complexity index is 1010. The number of nitrogens with zero attached hydrogens (tertiary/aromatic N) is 2. The fourth-order valence-electron chi connectivity index (χ4n) is 3.19. The summed E-state index contributed by atoms with van der Waals surface area (Å²) in [6.07, 6.45) is 0. The molecule has 1 saturated heterocycles. The van der Waals surface area contributed by atoms with Crippen LogP contribution >= 0.6 is 0 Å². The predicted molar refractivity (Wildman–Crippen MR) is 104 cm³/mol. The molecule has 0 radical (unpaired) electrons. The van der Waals surface area contributed by atoms with Crippen LogP contribution in [0.25, 0.3) is 0 Å². The zero-order valence-electron chi connectivity index (χ0n) is 15.7. The lowest BCUT2D eigenvalue weighted by Crippen LogP contribution is -2.55. The summed E-state index contributed by atoms with van der Waals surface area (Å²) in [5.74, 6) is 0. The molecule has 2 aromatic carbocycles. The molecule has 3 rings (SSSR count). The van der Waals surface area contributed by atoms with Crippen LogP contribution in [0.1, 0.15) is 18.1 Å². The van der Waals surface area contributed by atoms with Gasteiger partial charge in [0.15, 0.2) is 0 Å². The van der Waals surface area contributed by atoms with Gasteiger partial charge in [0.1, 0.15) is 0 Å². The summed E-state index contributed by atoms with van der Waals surface area (Å²) in [6.45, 7) is 5.92. The summed E-state index contributed by atoms with van der Waals surface area (Å²) in [6, 6.07) is 12.9. The lowest BCUT2D eigenvalue weighted by atomic mass is 10.2. The van der Waals surface area contributed by atoms with Crippen molar-refractivity contribution in [2.45, 2.75) is 36.6 Å². The molecule has 2 aromatic rings. The third kappa shape index (κ3) is 3.94. The average Bonchev–Trinajstić information content (AvgIpc) is 2.62. The van der Waals surface area contributed by atoms with Crippen LogP contribution in [-0.2, 0) is 20.0 Å². The Labute approximate surface area is 161 Å². The maximum absolute atomic E-state index is 12.9. The Morgan fingerprint density at radius 3 is 1.63 bits per heavy atom. The van der Waals surface area contributed by atoms with Crippen LogP contribution in [0.2, 0.25) is 0 Å². The highest BCUT2D eigenvalue weighted by Gasteiger charge is 2.37. The van der Waals surface area contributed by atoms with E-state index < -0.39 is 26.1 Å². The Hall–Kier alpha value is -1.74. The van der Waals surface area contributed by atoms with E-state index in [-0.39, 0.29) is 29.4 Å². The highest BCUT2D eigenvalue weighted by molar-refractivity contribution is 7.89. The highest BCUT2D eigenvalue weighted by Crippen LogP contribution is 2.25. The average molecular weight is 409 g/mol. The summed E-state index contributed by atoms with van der Waals surface area (Å²) in [5, 5.41) is 0. The normalized spacial score (nSPS) is 19.9. The van der Waals surface area contributed by atoms with Crippen molar-refractivity contribution in [1.29, 1.82) is 0 Å². The van der Waals surface area contributed by atoms with Crippen molar-refractivity contribution in [3.63, 3.8) is 0 Å².